The van der Waals surface area contributed by atoms with Crippen molar-refractivity contribution in [2.75, 3.05) is 30.0 Å². The monoisotopic (exact) mass is 592 g/mol. The first-order valence-corrected chi connectivity index (χ1v) is 17.3. The molecule has 1 aromatic carbocycles. The number of rotatable bonds is 8. The van der Waals surface area contributed by atoms with Crippen LogP contribution in [0.5, 0.6) is 5.75 Å². The molecule has 2 fully saturated rings. The standard InChI is InChI=1S/C28H41BrN2O5Si/c1-8-13-35-26(33)31-21-16-23(34-14-9-12-29)19(2)15-20(21)24(32)30-18-28(10-11-28)17-22(30)25(31)36-37(6,7)27(3,4)5/h8,15-16,22,25H,1,9-14,17-18H2,2-7H3/t22-,25?/m0/s1. The number of aryl methyl sites for hydroxylation is 1. The van der Waals surface area contributed by atoms with Gasteiger partial charge in [-0.3, -0.25) is 4.79 Å². The number of halogens is 1. The van der Waals surface area contributed by atoms with Crippen molar-refractivity contribution in [3.05, 3.63) is 35.9 Å². The van der Waals surface area contributed by atoms with E-state index >= 15 is 0 Å². The largest absolute Gasteiger partial charge is 0.493 e. The summed E-state index contributed by atoms with van der Waals surface area (Å²) in [6.45, 7) is 17.9. The van der Waals surface area contributed by atoms with Gasteiger partial charge < -0.3 is 18.8 Å². The van der Waals surface area contributed by atoms with Gasteiger partial charge in [-0.2, -0.15) is 0 Å². The second kappa shape index (κ2) is 10.4. The quantitative estimate of drug-likeness (QED) is 0.146. The van der Waals surface area contributed by atoms with Crippen molar-refractivity contribution >= 4 is 41.9 Å². The SMILES string of the molecule is C=CCOC(=O)N1c2cc(OCCCBr)c(C)cc2C(=O)N2CC3(CC3)C[C@H]2C1O[Si](C)(C)C(C)(C)C. The molecule has 0 bridgehead atoms. The van der Waals surface area contributed by atoms with E-state index in [4.69, 9.17) is 13.9 Å². The van der Waals surface area contributed by atoms with Gasteiger partial charge in [0.25, 0.3) is 5.91 Å². The average Bonchev–Trinajstić information content (AvgIpc) is 3.48. The molecule has 3 aliphatic rings. The second-order valence-corrected chi connectivity index (χ2v) is 17.8. The highest BCUT2D eigenvalue weighted by atomic mass is 79.9. The Morgan fingerprint density at radius 2 is 2.00 bits per heavy atom. The van der Waals surface area contributed by atoms with Gasteiger partial charge in [0.1, 0.15) is 12.4 Å². The van der Waals surface area contributed by atoms with Gasteiger partial charge in [0, 0.05) is 17.9 Å². The summed E-state index contributed by atoms with van der Waals surface area (Å²) in [5.74, 6) is 0.600. The number of fused-ring (bicyclic) bond motifs is 2. The molecule has 2 aliphatic heterocycles. The molecule has 4 rings (SSSR count). The van der Waals surface area contributed by atoms with E-state index in [1.165, 1.54) is 0 Å². The lowest BCUT2D eigenvalue weighted by molar-refractivity contribution is 0.0528. The van der Waals surface area contributed by atoms with Crippen LogP contribution in [0, 0.1) is 12.3 Å². The van der Waals surface area contributed by atoms with E-state index in [1.54, 1.807) is 11.0 Å². The number of anilines is 1. The molecule has 1 aromatic rings. The van der Waals surface area contributed by atoms with Gasteiger partial charge in [-0.1, -0.05) is 49.4 Å². The van der Waals surface area contributed by atoms with Gasteiger partial charge in [-0.05, 0) is 67.8 Å². The van der Waals surface area contributed by atoms with Gasteiger partial charge in [-0.25, -0.2) is 9.69 Å². The first kappa shape index (κ1) is 28.2. The molecule has 37 heavy (non-hydrogen) atoms. The van der Waals surface area contributed by atoms with Gasteiger partial charge in [0.05, 0.1) is 23.9 Å². The fourth-order valence-electron chi connectivity index (χ4n) is 5.03. The molecule has 1 spiro atoms. The van der Waals surface area contributed by atoms with E-state index < -0.39 is 20.6 Å². The zero-order valence-electron chi connectivity index (χ0n) is 23.1. The fourth-order valence-corrected chi connectivity index (χ4v) is 6.48. The molecule has 2 atom stereocenters. The van der Waals surface area contributed by atoms with E-state index in [9.17, 15) is 9.59 Å². The summed E-state index contributed by atoms with van der Waals surface area (Å²) in [7, 11) is -2.36. The number of carbonyl (C=O) groups is 2. The van der Waals surface area contributed by atoms with Crippen molar-refractivity contribution < 1.29 is 23.5 Å². The number of hydrogen-bond donors (Lipinski definition) is 0. The smallest absolute Gasteiger partial charge is 0.416 e. The summed E-state index contributed by atoms with van der Waals surface area (Å²) in [5, 5.41) is 0.747. The third-order valence-corrected chi connectivity index (χ3v) is 13.4. The van der Waals surface area contributed by atoms with E-state index in [1.807, 2.05) is 24.0 Å². The van der Waals surface area contributed by atoms with E-state index in [2.05, 4.69) is 56.4 Å². The third-order valence-electron chi connectivity index (χ3n) is 8.41. The Morgan fingerprint density at radius 1 is 1.30 bits per heavy atom. The lowest BCUT2D eigenvalue weighted by atomic mass is 10.0. The molecule has 0 aromatic heterocycles. The fraction of sp³-hybridized carbons (Fsp3) is 0.643. The Balaban J connectivity index is 1.87. The molecule has 7 nitrogen and oxygen atoms in total. The van der Waals surface area contributed by atoms with Crippen molar-refractivity contribution in [1.82, 2.24) is 4.90 Å². The number of benzene rings is 1. The number of nitrogens with zero attached hydrogens (tertiary/aromatic N) is 2. The lowest BCUT2D eigenvalue weighted by Gasteiger charge is -2.44. The van der Waals surface area contributed by atoms with Gasteiger partial charge in [0.2, 0.25) is 0 Å². The van der Waals surface area contributed by atoms with Crippen LogP contribution in [-0.4, -0.2) is 62.6 Å². The van der Waals surface area contributed by atoms with Gasteiger partial charge in [-0.15, -0.1) is 0 Å². The van der Waals surface area contributed by atoms with E-state index in [0.29, 0.717) is 30.2 Å². The molecule has 9 heteroatoms. The van der Waals surface area contributed by atoms with Gasteiger partial charge >= 0.3 is 6.09 Å². The Morgan fingerprint density at radius 3 is 2.59 bits per heavy atom. The molecule has 204 valence electrons. The summed E-state index contributed by atoms with van der Waals surface area (Å²) < 4.78 is 18.7. The Labute approximate surface area is 230 Å². The minimum atomic E-state index is -2.36. The van der Waals surface area contributed by atoms with Crippen molar-refractivity contribution in [2.45, 2.75) is 83.8 Å². The minimum Gasteiger partial charge on any atom is -0.493 e. The molecule has 1 unspecified atom stereocenters. The normalized spacial score (nSPS) is 22.4. The number of ether oxygens (including phenoxy) is 2. The molecule has 1 saturated carbocycles. The molecule has 0 N–H and O–H groups in total. The first-order chi connectivity index (χ1) is 17.3. The summed E-state index contributed by atoms with van der Waals surface area (Å²) in [5.41, 5.74) is 1.98. The summed E-state index contributed by atoms with van der Waals surface area (Å²) in [4.78, 5) is 31.4. The maximum absolute atomic E-state index is 14.1. The van der Waals surface area contributed by atoms with Crippen LogP contribution in [-0.2, 0) is 9.16 Å². The Kier molecular flexibility index (Phi) is 7.90. The van der Waals surface area contributed by atoms with Crippen LogP contribution in [0.25, 0.3) is 0 Å². The van der Waals surface area contributed by atoms with Gasteiger partial charge in [0.15, 0.2) is 14.5 Å². The molecule has 2 amide bonds. The summed E-state index contributed by atoms with van der Waals surface area (Å²) in [6, 6.07) is 3.44. The molecular weight excluding hydrogens is 552 g/mol. The highest BCUT2D eigenvalue weighted by Crippen LogP contribution is 2.57. The number of carbonyl (C=O) groups excluding carboxylic acids is 2. The minimum absolute atomic E-state index is 0.0539. The van der Waals surface area contributed by atoms with Crippen LogP contribution in [0.2, 0.25) is 18.1 Å². The predicted octanol–water partition coefficient (Wildman–Crippen LogP) is 6.64. The van der Waals surface area contributed by atoms with Crippen LogP contribution in [0.1, 0.15) is 62.4 Å². The average molecular weight is 594 g/mol. The first-order valence-electron chi connectivity index (χ1n) is 13.2. The number of amides is 2. The second-order valence-electron chi connectivity index (χ2n) is 12.2. The van der Waals surface area contributed by atoms with Crippen molar-refractivity contribution in [3.8, 4) is 5.75 Å². The number of alkyl halides is 1. The number of hydrogen-bond acceptors (Lipinski definition) is 5. The van der Waals surface area contributed by atoms with Crippen LogP contribution < -0.4 is 9.64 Å². The third kappa shape index (κ3) is 5.50. The molecular formula is C28H41BrN2O5Si. The summed E-state index contributed by atoms with van der Waals surface area (Å²) in [6.07, 6.45) is 4.24. The Bertz CT molecular complexity index is 1070. The van der Waals surface area contributed by atoms with E-state index in [-0.39, 0.29) is 29.0 Å². The van der Waals surface area contributed by atoms with Crippen molar-refractivity contribution in [3.63, 3.8) is 0 Å². The highest BCUT2D eigenvalue weighted by Gasteiger charge is 2.59. The van der Waals surface area contributed by atoms with Crippen LogP contribution >= 0.6 is 15.9 Å². The van der Waals surface area contributed by atoms with Crippen molar-refractivity contribution in [1.29, 1.82) is 0 Å². The van der Waals surface area contributed by atoms with Crippen LogP contribution in [0.4, 0.5) is 10.5 Å². The zero-order valence-corrected chi connectivity index (χ0v) is 25.7. The molecule has 1 saturated heterocycles. The van der Waals surface area contributed by atoms with Crippen molar-refractivity contribution in [2.24, 2.45) is 5.41 Å². The maximum Gasteiger partial charge on any atom is 0.416 e. The maximum atomic E-state index is 14.1. The van der Waals surface area contributed by atoms with E-state index in [0.717, 1.165) is 36.6 Å². The molecule has 2 heterocycles. The summed E-state index contributed by atoms with van der Waals surface area (Å²) >= 11 is 3.45. The highest BCUT2D eigenvalue weighted by molar-refractivity contribution is 9.09. The lowest BCUT2D eigenvalue weighted by Crippen LogP contribution is -2.58. The van der Waals surface area contributed by atoms with Crippen LogP contribution in [0.15, 0.2) is 24.8 Å². The van der Waals surface area contributed by atoms with Crippen LogP contribution in [0.3, 0.4) is 0 Å². The zero-order chi connectivity index (χ0) is 27.2. The molecule has 1 aliphatic carbocycles. The topological polar surface area (TPSA) is 68.3 Å². The predicted molar refractivity (Wildman–Crippen MR) is 152 cm³/mol. The molecule has 0 radical (unpaired) electrons. The Hall–Kier alpha value is -1.84.